The summed E-state index contributed by atoms with van der Waals surface area (Å²) in [6.45, 7) is 4.77. The topological polar surface area (TPSA) is 39.4 Å². The van der Waals surface area contributed by atoms with Crippen molar-refractivity contribution in [2.45, 2.75) is 6.92 Å². The number of hydrogen-bond donors (Lipinski definition) is 0. The number of amides is 1. The largest absolute Gasteiger partial charge is 0.271 e. The average molecular weight is 84.1 g/mol. The van der Waals surface area contributed by atoms with Crippen LogP contribution in [0.2, 0.25) is 0 Å². The van der Waals surface area contributed by atoms with E-state index in [1.807, 2.05) is 0 Å². The zero-order valence-corrected chi connectivity index (χ0v) is 3.64. The van der Waals surface area contributed by atoms with Crippen molar-refractivity contribution in [1.82, 2.24) is 5.73 Å². The third-order valence-corrected chi connectivity index (χ3v) is 0.422. The number of carbonyl (C=O) groups is 1. The molecule has 0 aliphatic heterocycles. The molecule has 1 unspecified atom stereocenters. The van der Waals surface area contributed by atoms with Crippen LogP contribution in [0, 0.1) is 12.8 Å². The Bertz CT molecular complexity index is 58.6. The van der Waals surface area contributed by atoms with Crippen molar-refractivity contribution >= 4 is 5.91 Å². The van der Waals surface area contributed by atoms with Crippen molar-refractivity contribution in [3.63, 3.8) is 0 Å². The molecule has 0 aromatic carbocycles. The summed E-state index contributed by atoms with van der Waals surface area (Å²) in [7, 11) is 0. The maximum Gasteiger partial charge on any atom is 0.267 e. The molecule has 0 bridgehead atoms. The van der Waals surface area contributed by atoms with Crippen LogP contribution >= 0.6 is 0 Å². The summed E-state index contributed by atoms with van der Waals surface area (Å²) in [5, 5.41) is 0. The molecule has 0 N–H and O–H groups in total. The van der Waals surface area contributed by atoms with E-state index in [0.717, 1.165) is 0 Å². The van der Waals surface area contributed by atoms with E-state index in [4.69, 9.17) is 5.73 Å². The van der Waals surface area contributed by atoms with Crippen molar-refractivity contribution < 1.29 is 4.79 Å². The van der Waals surface area contributed by atoms with E-state index in [9.17, 15) is 4.79 Å². The van der Waals surface area contributed by atoms with E-state index < -0.39 is 11.8 Å². The Morgan fingerprint density at radius 3 is 2.17 bits per heavy atom. The van der Waals surface area contributed by atoms with E-state index in [2.05, 4.69) is 6.92 Å². The first-order valence-corrected chi connectivity index (χ1v) is 1.70. The summed E-state index contributed by atoms with van der Waals surface area (Å²) in [6.07, 6.45) is 0. The molecule has 0 aromatic rings. The summed E-state index contributed by atoms with van der Waals surface area (Å²) < 4.78 is 0. The van der Waals surface area contributed by atoms with Gasteiger partial charge in [-0.1, -0.05) is 6.92 Å². The second-order valence-corrected chi connectivity index (χ2v) is 1.24. The Kier molecular flexibility index (Phi) is 1.64. The van der Waals surface area contributed by atoms with Crippen LogP contribution in [0.1, 0.15) is 6.92 Å². The van der Waals surface area contributed by atoms with E-state index >= 15 is 0 Å². The average Bonchev–Trinajstić information content (AvgIpc) is 1.36. The first kappa shape index (κ1) is 5.47. The molecule has 2 nitrogen and oxygen atoms in total. The summed E-state index contributed by atoms with van der Waals surface area (Å²) in [6, 6.07) is 0. The summed E-state index contributed by atoms with van der Waals surface area (Å²) >= 11 is 0. The zero-order valence-electron chi connectivity index (χ0n) is 3.64. The summed E-state index contributed by atoms with van der Waals surface area (Å²) in [5.74, 6) is -1.33. The molecular weight excluding hydrogens is 78.0 g/mol. The van der Waals surface area contributed by atoms with Gasteiger partial charge >= 0.3 is 0 Å². The molecule has 1 amide bonds. The lowest BCUT2D eigenvalue weighted by atomic mass is 10.2. The number of carbonyl (C=O) groups excluding carboxylic acids is 1. The lowest BCUT2D eigenvalue weighted by Crippen LogP contribution is -2.06. The molecule has 0 saturated carbocycles. The van der Waals surface area contributed by atoms with Crippen LogP contribution < -0.4 is 5.73 Å². The standard InChI is InChI=1S/C4H6NO/c1-3(2)4(5)6/h3H,1H2,2H3. The van der Waals surface area contributed by atoms with Crippen LogP contribution in [0.15, 0.2) is 0 Å². The summed E-state index contributed by atoms with van der Waals surface area (Å²) in [5.41, 5.74) is 7.93. The van der Waals surface area contributed by atoms with Crippen LogP contribution in [0.4, 0.5) is 0 Å². The van der Waals surface area contributed by atoms with Gasteiger partial charge in [-0.05, 0) is 6.92 Å². The van der Waals surface area contributed by atoms with E-state index in [1.54, 1.807) is 0 Å². The predicted molar refractivity (Wildman–Crippen MR) is 21.7 cm³/mol. The fourth-order valence-corrected chi connectivity index (χ4v) is 0. The first-order chi connectivity index (χ1) is 2.64. The molecule has 2 heteroatoms. The SMILES string of the molecule is [CH2]C(C)C([N])=O. The molecule has 0 aliphatic rings. The number of nitrogens with zero attached hydrogens (tertiary/aromatic N) is 1. The van der Waals surface area contributed by atoms with Gasteiger partial charge in [0.25, 0.3) is 5.91 Å². The minimum Gasteiger partial charge on any atom is -0.271 e. The third kappa shape index (κ3) is 1.76. The highest BCUT2D eigenvalue weighted by molar-refractivity contribution is 5.75. The molecule has 33 valence electrons. The van der Waals surface area contributed by atoms with Crippen LogP contribution in [0.3, 0.4) is 0 Å². The molecule has 3 radical (unpaired) electrons. The Hall–Kier alpha value is -0.530. The minimum atomic E-state index is -0.852. The highest BCUT2D eigenvalue weighted by Gasteiger charge is 1.99. The third-order valence-electron chi connectivity index (χ3n) is 0.422. The molecule has 0 aliphatic carbocycles. The van der Waals surface area contributed by atoms with Gasteiger partial charge in [0.05, 0.1) is 0 Å². The van der Waals surface area contributed by atoms with Gasteiger partial charge in [0.1, 0.15) is 0 Å². The van der Waals surface area contributed by atoms with Crippen molar-refractivity contribution in [3.05, 3.63) is 6.92 Å². The zero-order chi connectivity index (χ0) is 5.15. The van der Waals surface area contributed by atoms with Gasteiger partial charge in [0.2, 0.25) is 0 Å². The Morgan fingerprint density at radius 1 is 2.00 bits per heavy atom. The normalized spacial score (nSPS) is 9.17. The molecule has 0 fully saturated rings. The van der Waals surface area contributed by atoms with Crippen LogP contribution in [0.5, 0.6) is 0 Å². The Labute approximate surface area is 37.3 Å². The Balaban J connectivity index is 3.26. The smallest absolute Gasteiger partial charge is 0.267 e. The maximum absolute atomic E-state index is 9.64. The van der Waals surface area contributed by atoms with Crippen LogP contribution in [-0.4, -0.2) is 5.91 Å². The van der Waals surface area contributed by atoms with Crippen molar-refractivity contribution in [2.24, 2.45) is 5.92 Å². The fourth-order valence-electron chi connectivity index (χ4n) is 0. The quantitative estimate of drug-likeness (QED) is 0.442. The van der Waals surface area contributed by atoms with Gasteiger partial charge in [0, 0.05) is 5.92 Å². The van der Waals surface area contributed by atoms with Gasteiger partial charge in [-0.25, -0.2) is 0 Å². The number of rotatable bonds is 1. The van der Waals surface area contributed by atoms with Crippen LogP contribution in [0.25, 0.3) is 0 Å². The van der Waals surface area contributed by atoms with E-state index in [1.165, 1.54) is 6.92 Å². The highest BCUT2D eigenvalue weighted by atomic mass is 16.1. The Morgan fingerprint density at radius 2 is 2.17 bits per heavy atom. The molecule has 0 saturated heterocycles. The summed E-state index contributed by atoms with van der Waals surface area (Å²) in [4.78, 5) is 9.64. The van der Waals surface area contributed by atoms with Crippen LogP contribution in [-0.2, 0) is 4.79 Å². The fraction of sp³-hybridized carbons (Fsp3) is 0.500. The molecule has 6 heavy (non-hydrogen) atoms. The van der Waals surface area contributed by atoms with Gasteiger partial charge in [-0.2, -0.15) is 0 Å². The van der Waals surface area contributed by atoms with Gasteiger partial charge in [-0.3, -0.25) is 4.79 Å². The molecule has 0 spiro atoms. The molecular formula is C4H6NO. The maximum atomic E-state index is 9.64. The monoisotopic (exact) mass is 84.0 g/mol. The second-order valence-electron chi connectivity index (χ2n) is 1.24. The van der Waals surface area contributed by atoms with Crippen molar-refractivity contribution in [2.75, 3.05) is 0 Å². The van der Waals surface area contributed by atoms with Gasteiger partial charge < -0.3 is 0 Å². The molecule has 0 heterocycles. The minimum absolute atomic E-state index is 0.481. The van der Waals surface area contributed by atoms with Crippen molar-refractivity contribution in [1.29, 1.82) is 0 Å². The van der Waals surface area contributed by atoms with E-state index in [0.29, 0.717) is 0 Å². The van der Waals surface area contributed by atoms with Gasteiger partial charge in [-0.15, -0.1) is 5.73 Å². The van der Waals surface area contributed by atoms with E-state index in [-0.39, 0.29) is 0 Å². The molecule has 0 aromatic heterocycles. The lowest BCUT2D eigenvalue weighted by molar-refractivity contribution is -0.120. The van der Waals surface area contributed by atoms with Crippen molar-refractivity contribution in [3.8, 4) is 0 Å². The highest BCUT2D eigenvalue weighted by Crippen LogP contribution is 1.85. The van der Waals surface area contributed by atoms with Gasteiger partial charge in [0.15, 0.2) is 0 Å². The predicted octanol–water partition coefficient (Wildman–Crippen LogP) is 0.0519. The first-order valence-electron chi connectivity index (χ1n) is 1.70. The molecule has 0 rings (SSSR count). The molecule has 1 atom stereocenters. The second kappa shape index (κ2) is 1.80. The lowest BCUT2D eigenvalue weighted by Gasteiger charge is -1.86. The number of hydrogen-bond acceptors (Lipinski definition) is 1.